The SMILES string of the molecule is O=C(CNC(=O)c1ccccc1)NC(CN1CCOCC1)c1ccccc1. The Morgan fingerprint density at radius 2 is 1.59 bits per heavy atom. The molecule has 0 aliphatic carbocycles. The molecule has 1 unspecified atom stereocenters. The summed E-state index contributed by atoms with van der Waals surface area (Å²) in [6.07, 6.45) is 0. The number of carbonyl (C=O) groups excluding carboxylic acids is 2. The lowest BCUT2D eigenvalue weighted by atomic mass is 10.1. The van der Waals surface area contributed by atoms with Crippen LogP contribution in [0.4, 0.5) is 0 Å². The number of hydrogen-bond acceptors (Lipinski definition) is 4. The average Bonchev–Trinajstić information content (AvgIpc) is 2.73. The number of carbonyl (C=O) groups is 2. The summed E-state index contributed by atoms with van der Waals surface area (Å²) in [5, 5.41) is 5.73. The number of hydrogen-bond donors (Lipinski definition) is 2. The summed E-state index contributed by atoms with van der Waals surface area (Å²) in [5.74, 6) is -0.461. The van der Waals surface area contributed by atoms with Crippen molar-refractivity contribution in [2.24, 2.45) is 0 Å². The second kappa shape index (κ2) is 9.85. The number of amides is 2. The van der Waals surface area contributed by atoms with Crippen LogP contribution in [0.25, 0.3) is 0 Å². The van der Waals surface area contributed by atoms with E-state index >= 15 is 0 Å². The Balaban J connectivity index is 1.57. The number of nitrogens with zero attached hydrogens (tertiary/aromatic N) is 1. The molecular weight excluding hydrogens is 342 g/mol. The summed E-state index contributed by atoms with van der Waals surface area (Å²) >= 11 is 0. The Kier molecular flexibility index (Phi) is 6.96. The van der Waals surface area contributed by atoms with E-state index in [1.165, 1.54) is 0 Å². The molecule has 1 aliphatic rings. The minimum Gasteiger partial charge on any atom is -0.379 e. The molecule has 6 heteroatoms. The summed E-state index contributed by atoms with van der Waals surface area (Å²) in [7, 11) is 0. The molecule has 2 aromatic carbocycles. The number of ether oxygens (including phenoxy) is 1. The summed E-state index contributed by atoms with van der Waals surface area (Å²) in [4.78, 5) is 26.8. The van der Waals surface area contributed by atoms with Crippen LogP contribution in [0.5, 0.6) is 0 Å². The van der Waals surface area contributed by atoms with Gasteiger partial charge in [0.15, 0.2) is 0 Å². The zero-order valence-corrected chi connectivity index (χ0v) is 15.3. The van der Waals surface area contributed by atoms with Gasteiger partial charge in [0, 0.05) is 25.2 Å². The van der Waals surface area contributed by atoms with Gasteiger partial charge in [-0.3, -0.25) is 14.5 Å². The van der Waals surface area contributed by atoms with Crippen molar-refractivity contribution in [2.75, 3.05) is 39.4 Å². The van der Waals surface area contributed by atoms with Crippen molar-refractivity contribution in [1.82, 2.24) is 15.5 Å². The van der Waals surface area contributed by atoms with Crippen molar-refractivity contribution >= 4 is 11.8 Å². The molecule has 6 nitrogen and oxygen atoms in total. The Labute approximate surface area is 159 Å². The quantitative estimate of drug-likeness (QED) is 0.780. The minimum atomic E-state index is -0.254. The van der Waals surface area contributed by atoms with Crippen LogP contribution in [0, 0.1) is 0 Å². The number of benzene rings is 2. The van der Waals surface area contributed by atoms with E-state index < -0.39 is 0 Å². The smallest absolute Gasteiger partial charge is 0.251 e. The molecule has 1 atom stereocenters. The highest BCUT2D eigenvalue weighted by Gasteiger charge is 2.20. The van der Waals surface area contributed by atoms with E-state index in [-0.39, 0.29) is 24.4 Å². The molecular formula is C21H25N3O3. The normalized spacial score (nSPS) is 15.7. The minimum absolute atomic E-state index is 0.0554. The molecule has 1 aliphatic heterocycles. The Morgan fingerprint density at radius 3 is 2.26 bits per heavy atom. The first-order valence-corrected chi connectivity index (χ1v) is 9.20. The molecule has 0 saturated carbocycles. The molecule has 1 saturated heterocycles. The van der Waals surface area contributed by atoms with Crippen molar-refractivity contribution in [3.63, 3.8) is 0 Å². The predicted molar refractivity (Wildman–Crippen MR) is 103 cm³/mol. The maximum absolute atomic E-state index is 12.4. The topological polar surface area (TPSA) is 70.7 Å². The van der Waals surface area contributed by atoms with Gasteiger partial charge in [0.2, 0.25) is 5.91 Å². The fourth-order valence-corrected chi connectivity index (χ4v) is 3.06. The van der Waals surface area contributed by atoms with Crippen molar-refractivity contribution in [3.05, 3.63) is 71.8 Å². The Morgan fingerprint density at radius 1 is 0.963 bits per heavy atom. The van der Waals surface area contributed by atoms with Crippen LogP contribution < -0.4 is 10.6 Å². The molecule has 3 rings (SSSR count). The highest BCUT2D eigenvalue weighted by atomic mass is 16.5. The van der Waals surface area contributed by atoms with E-state index in [0.29, 0.717) is 25.3 Å². The van der Waals surface area contributed by atoms with E-state index in [2.05, 4.69) is 15.5 Å². The summed E-state index contributed by atoms with van der Waals surface area (Å²) in [5.41, 5.74) is 1.59. The first-order chi connectivity index (χ1) is 13.2. The van der Waals surface area contributed by atoms with Crippen LogP contribution in [-0.2, 0) is 9.53 Å². The Bertz CT molecular complexity index is 731. The molecule has 0 spiro atoms. The molecule has 2 amide bonds. The number of morpholine rings is 1. The van der Waals surface area contributed by atoms with Gasteiger partial charge in [-0.1, -0.05) is 48.5 Å². The zero-order chi connectivity index (χ0) is 18.9. The third-order valence-corrected chi connectivity index (χ3v) is 4.53. The van der Waals surface area contributed by atoms with Gasteiger partial charge in [-0.25, -0.2) is 0 Å². The van der Waals surface area contributed by atoms with Gasteiger partial charge in [0.05, 0.1) is 25.8 Å². The average molecular weight is 367 g/mol. The summed E-state index contributed by atoms with van der Waals surface area (Å²) in [6, 6.07) is 18.6. The van der Waals surface area contributed by atoms with E-state index in [1.807, 2.05) is 36.4 Å². The lowest BCUT2D eigenvalue weighted by molar-refractivity contribution is -0.121. The number of rotatable bonds is 7. The van der Waals surface area contributed by atoms with Crippen molar-refractivity contribution in [2.45, 2.75) is 6.04 Å². The molecule has 0 radical (unpaired) electrons. The van der Waals surface area contributed by atoms with Crippen molar-refractivity contribution in [1.29, 1.82) is 0 Å². The lowest BCUT2D eigenvalue weighted by Crippen LogP contribution is -2.45. The van der Waals surface area contributed by atoms with Crippen molar-refractivity contribution in [3.8, 4) is 0 Å². The van der Waals surface area contributed by atoms with Crippen LogP contribution in [-0.4, -0.2) is 56.1 Å². The maximum Gasteiger partial charge on any atom is 0.251 e. The predicted octanol–water partition coefficient (Wildman–Crippen LogP) is 1.61. The first kappa shape index (κ1) is 19.1. The molecule has 1 heterocycles. The van der Waals surface area contributed by atoms with E-state index in [9.17, 15) is 9.59 Å². The third-order valence-electron chi connectivity index (χ3n) is 4.53. The maximum atomic E-state index is 12.4. The molecule has 2 aromatic rings. The standard InChI is InChI=1S/C21H25N3O3/c25-20(15-22-21(26)18-9-5-2-6-10-18)23-19(17-7-3-1-4-8-17)16-24-11-13-27-14-12-24/h1-10,19H,11-16H2,(H,22,26)(H,23,25). The fourth-order valence-electron chi connectivity index (χ4n) is 3.06. The fraction of sp³-hybridized carbons (Fsp3) is 0.333. The van der Waals surface area contributed by atoms with E-state index in [4.69, 9.17) is 4.74 Å². The van der Waals surface area contributed by atoms with Gasteiger partial charge in [-0.05, 0) is 17.7 Å². The van der Waals surface area contributed by atoms with Crippen LogP contribution in [0.3, 0.4) is 0 Å². The third kappa shape index (κ3) is 5.91. The van der Waals surface area contributed by atoms with Crippen LogP contribution in [0.1, 0.15) is 22.0 Å². The van der Waals surface area contributed by atoms with E-state index in [0.717, 1.165) is 18.7 Å². The second-order valence-corrected chi connectivity index (χ2v) is 6.49. The highest BCUT2D eigenvalue weighted by Crippen LogP contribution is 2.15. The van der Waals surface area contributed by atoms with Crippen molar-refractivity contribution < 1.29 is 14.3 Å². The summed E-state index contributed by atoms with van der Waals surface area (Å²) in [6.45, 7) is 3.78. The molecule has 1 fully saturated rings. The van der Waals surface area contributed by atoms with Gasteiger partial charge < -0.3 is 15.4 Å². The molecule has 27 heavy (non-hydrogen) atoms. The Hall–Kier alpha value is -2.70. The molecule has 0 bridgehead atoms. The number of nitrogens with one attached hydrogen (secondary N) is 2. The highest BCUT2D eigenvalue weighted by molar-refractivity contribution is 5.96. The largest absolute Gasteiger partial charge is 0.379 e. The van der Waals surface area contributed by atoms with Crippen LogP contribution >= 0.6 is 0 Å². The monoisotopic (exact) mass is 367 g/mol. The first-order valence-electron chi connectivity index (χ1n) is 9.20. The van der Waals surface area contributed by atoms with Gasteiger partial charge in [-0.2, -0.15) is 0 Å². The van der Waals surface area contributed by atoms with Gasteiger partial charge in [-0.15, -0.1) is 0 Å². The van der Waals surface area contributed by atoms with Gasteiger partial charge in [0.1, 0.15) is 0 Å². The van der Waals surface area contributed by atoms with Crippen LogP contribution in [0.2, 0.25) is 0 Å². The molecule has 2 N–H and O–H groups in total. The lowest BCUT2D eigenvalue weighted by Gasteiger charge is -2.31. The molecule has 142 valence electrons. The van der Waals surface area contributed by atoms with E-state index in [1.54, 1.807) is 24.3 Å². The van der Waals surface area contributed by atoms with Crippen LogP contribution in [0.15, 0.2) is 60.7 Å². The van der Waals surface area contributed by atoms with Gasteiger partial charge >= 0.3 is 0 Å². The molecule has 0 aromatic heterocycles. The second-order valence-electron chi connectivity index (χ2n) is 6.49. The summed E-state index contributed by atoms with van der Waals surface area (Å²) < 4.78 is 5.40. The zero-order valence-electron chi connectivity index (χ0n) is 15.3. The van der Waals surface area contributed by atoms with Gasteiger partial charge in [0.25, 0.3) is 5.91 Å².